The summed E-state index contributed by atoms with van der Waals surface area (Å²) >= 11 is 0. The number of benzene rings is 1. The van der Waals surface area contributed by atoms with E-state index in [1.807, 2.05) is 24.3 Å². The largest absolute Gasteiger partial charge is 0.493 e. The fraction of sp³-hybridized carbons (Fsp3) is 0.471. The normalized spacial score (nSPS) is 17.4. The number of rotatable bonds is 7. The fourth-order valence-electron chi connectivity index (χ4n) is 2.50. The molecule has 1 aromatic rings. The molecular weight excluding hydrogens is 236 g/mol. The maximum atomic E-state index is 12.1. The van der Waals surface area contributed by atoms with E-state index in [-0.39, 0.29) is 5.92 Å². The lowest BCUT2D eigenvalue weighted by Gasteiger charge is -2.24. The minimum Gasteiger partial charge on any atom is -0.493 e. The molecule has 1 aromatic carbocycles. The quantitative estimate of drug-likeness (QED) is 0.547. The minimum atomic E-state index is 0.0503. The van der Waals surface area contributed by atoms with Gasteiger partial charge in [-0.3, -0.25) is 4.79 Å². The van der Waals surface area contributed by atoms with Crippen LogP contribution < -0.4 is 4.74 Å². The third kappa shape index (κ3) is 3.95. The summed E-state index contributed by atoms with van der Waals surface area (Å²) in [5.41, 5.74) is 1.17. The van der Waals surface area contributed by atoms with Crippen LogP contribution in [-0.4, -0.2) is 12.4 Å². The molecule has 0 saturated heterocycles. The Morgan fingerprint density at radius 2 is 2.16 bits per heavy atom. The molecule has 0 radical (unpaired) electrons. The number of para-hydroxylation sites is 1. The summed E-state index contributed by atoms with van der Waals surface area (Å²) in [7, 11) is 0. The van der Waals surface area contributed by atoms with Gasteiger partial charge in [0.25, 0.3) is 0 Å². The topological polar surface area (TPSA) is 26.3 Å². The Bertz CT molecular complexity index is 437. The number of fused-ring (bicyclic) bond motifs is 1. The number of unbranched alkanes of at least 4 members (excludes halogenated alkanes) is 3. The van der Waals surface area contributed by atoms with E-state index in [0.717, 1.165) is 37.9 Å². The molecule has 19 heavy (non-hydrogen) atoms. The number of hydrogen-bond acceptors (Lipinski definition) is 2. The Balaban J connectivity index is 1.77. The highest BCUT2D eigenvalue weighted by atomic mass is 16.5. The second-order valence-electron chi connectivity index (χ2n) is 5.17. The zero-order valence-electron chi connectivity index (χ0n) is 11.4. The second-order valence-corrected chi connectivity index (χ2v) is 5.17. The Kier molecular flexibility index (Phi) is 5.20. The lowest BCUT2D eigenvalue weighted by molar-refractivity contribution is -0.124. The molecule has 1 atom stereocenters. The first-order chi connectivity index (χ1) is 9.31. The van der Waals surface area contributed by atoms with Gasteiger partial charge >= 0.3 is 0 Å². The summed E-state index contributed by atoms with van der Waals surface area (Å²) in [6, 6.07) is 8.01. The molecule has 1 heterocycles. The van der Waals surface area contributed by atoms with E-state index >= 15 is 0 Å². The van der Waals surface area contributed by atoms with Crippen LogP contribution in [0.2, 0.25) is 0 Å². The molecule has 0 fully saturated rings. The van der Waals surface area contributed by atoms with Crippen molar-refractivity contribution in [3.63, 3.8) is 0 Å². The number of carbonyl (C=O) groups excluding carboxylic acids is 1. The van der Waals surface area contributed by atoms with Crippen LogP contribution in [0.25, 0.3) is 0 Å². The molecule has 2 rings (SSSR count). The highest BCUT2D eigenvalue weighted by Gasteiger charge is 2.24. The predicted octanol–water partition coefficient (Wildman–Crippen LogP) is 3.94. The Morgan fingerprint density at radius 3 is 3.00 bits per heavy atom. The zero-order chi connectivity index (χ0) is 13.5. The lowest BCUT2D eigenvalue weighted by atomic mass is 9.91. The van der Waals surface area contributed by atoms with Gasteiger partial charge in [0, 0.05) is 6.42 Å². The smallest absolute Gasteiger partial charge is 0.139 e. The third-order valence-corrected chi connectivity index (χ3v) is 3.67. The summed E-state index contributed by atoms with van der Waals surface area (Å²) < 4.78 is 5.67. The van der Waals surface area contributed by atoms with Crippen molar-refractivity contribution in [2.75, 3.05) is 6.61 Å². The number of allylic oxidation sites excluding steroid dienone is 1. The molecule has 0 saturated carbocycles. The van der Waals surface area contributed by atoms with Crippen LogP contribution >= 0.6 is 0 Å². The highest BCUT2D eigenvalue weighted by molar-refractivity contribution is 5.81. The van der Waals surface area contributed by atoms with Gasteiger partial charge in [0.15, 0.2) is 0 Å². The van der Waals surface area contributed by atoms with Crippen molar-refractivity contribution in [1.29, 1.82) is 0 Å². The van der Waals surface area contributed by atoms with Crippen molar-refractivity contribution in [1.82, 2.24) is 0 Å². The molecule has 0 spiro atoms. The van der Waals surface area contributed by atoms with Crippen LogP contribution in [0, 0.1) is 5.92 Å². The van der Waals surface area contributed by atoms with Crippen molar-refractivity contribution in [2.45, 2.75) is 38.5 Å². The highest BCUT2D eigenvalue weighted by Crippen LogP contribution is 2.27. The number of hydrogen-bond donors (Lipinski definition) is 0. The molecule has 1 aliphatic heterocycles. The van der Waals surface area contributed by atoms with E-state index in [9.17, 15) is 4.79 Å². The van der Waals surface area contributed by atoms with Crippen molar-refractivity contribution in [3.8, 4) is 5.75 Å². The van der Waals surface area contributed by atoms with Crippen molar-refractivity contribution in [3.05, 3.63) is 42.5 Å². The number of Topliss-reactive ketones (excluding diaryl/α,β-unsaturated/α-hetero) is 1. The first-order valence-corrected chi connectivity index (χ1v) is 7.15. The first-order valence-electron chi connectivity index (χ1n) is 7.15. The van der Waals surface area contributed by atoms with Gasteiger partial charge in [-0.05, 0) is 37.3 Å². The van der Waals surface area contributed by atoms with E-state index < -0.39 is 0 Å². The summed E-state index contributed by atoms with van der Waals surface area (Å²) in [4.78, 5) is 12.1. The van der Waals surface area contributed by atoms with E-state index in [2.05, 4.69) is 12.6 Å². The molecule has 102 valence electrons. The van der Waals surface area contributed by atoms with Gasteiger partial charge in [-0.15, -0.1) is 6.58 Å². The zero-order valence-corrected chi connectivity index (χ0v) is 11.4. The predicted molar refractivity (Wildman–Crippen MR) is 77.4 cm³/mol. The lowest BCUT2D eigenvalue weighted by Crippen LogP contribution is -2.28. The summed E-state index contributed by atoms with van der Waals surface area (Å²) in [5.74, 6) is 1.35. The summed E-state index contributed by atoms with van der Waals surface area (Å²) in [6.45, 7) is 4.25. The van der Waals surface area contributed by atoms with Gasteiger partial charge in [0.2, 0.25) is 0 Å². The van der Waals surface area contributed by atoms with Crippen LogP contribution in [0.1, 0.15) is 37.7 Å². The van der Waals surface area contributed by atoms with Crippen molar-refractivity contribution < 1.29 is 9.53 Å². The van der Waals surface area contributed by atoms with Gasteiger partial charge in [-0.1, -0.05) is 30.7 Å². The van der Waals surface area contributed by atoms with Crippen molar-refractivity contribution >= 4 is 5.78 Å². The minimum absolute atomic E-state index is 0.0503. The molecule has 0 N–H and O–H groups in total. The Morgan fingerprint density at radius 1 is 1.32 bits per heavy atom. The molecule has 0 aliphatic carbocycles. The molecule has 1 unspecified atom stereocenters. The monoisotopic (exact) mass is 258 g/mol. The SMILES string of the molecule is C=CCCCCCC(=O)C1COc2ccccc2C1. The first kappa shape index (κ1) is 13.9. The fourth-order valence-corrected chi connectivity index (χ4v) is 2.50. The van der Waals surface area contributed by atoms with Crippen molar-refractivity contribution in [2.24, 2.45) is 5.92 Å². The van der Waals surface area contributed by atoms with Crippen LogP contribution in [0.3, 0.4) is 0 Å². The molecule has 0 aromatic heterocycles. The maximum absolute atomic E-state index is 12.1. The Labute approximate surface area is 115 Å². The molecule has 1 aliphatic rings. The second kappa shape index (κ2) is 7.13. The third-order valence-electron chi connectivity index (χ3n) is 3.67. The van der Waals surface area contributed by atoms with Gasteiger partial charge < -0.3 is 4.74 Å². The average molecular weight is 258 g/mol. The summed E-state index contributed by atoms with van der Waals surface area (Å²) in [5, 5.41) is 0. The molecule has 2 heteroatoms. The average Bonchev–Trinajstić information content (AvgIpc) is 2.46. The van der Waals surface area contributed by atoms with Gasteiger partial charge in [0.05, 0.1) is 12.5 Å². The molecule has 0 amide bonds. The number of carbonyl (C=O) groups is 1. The molecule has 0 bridgehead atoms. The van der Waals surface area contributed by atoms with E-state index in [0.29, 0.717) is 18.8 Å². The number of ketones is 1. The van der Waals surface area contributed by atoms with Crippen LogP contribution in [0.4, 0.5) is 0 Å². The van der Waals surface area contributed by atoms with E-state index in [1.165, 1.54) is 5.56 Å². The Hall–Kier alpha value is -1.57. The molecule has 2 nitrogen and oxygen atoms in total. The van der Waals surface area contributed by atoms with Crippen LogP contribution in [0.15, 0.2) is 36.9 Å². The van der Waals surface area contributed by atoms with E-state index in [4.69, 9.17) is 4.74 Å². The standard InChI is InChI=1S/C17H22O2/c1-2-3-4-5-6-10-16(18)15-12-14-9-7-8-11-17(14)19-13-15/h2,7-9,11,15H,1,3-6,10,12-13H2. The van der Waals surface area contributed by atoms with Crippen LogP contribution in [-0.2, 0) is 11.2 Å². The van der Waals surface area contributed by atoms with Gasteiger partial charge in [-0.2, -0.15) is 0 Å². The maximum Gasteiger partial charge on any atom is 0.139 e. The van der Waals surface area contributed by atoms with Gasteiger partial charge in [-0.25, -0.2) is 0 Å². The van der Waals surface area contributed by atoms with Crippen LogP contribution in [0.5, 0.6) is 5.75 Å². The molecular formula is C17H22O2. The number of ether oxygens (including phenoxy) is 1. The summed E-state index contributed by atoms with van der Waals surface area (Å²) in [6.07, 6.45) is 7.75. The van der Waals surface area contributed by atoms with E-state index in [1.54, 1.807) is 0 Å². The van der Waals surface area contributed by atoms with Gasteiger partial charge in [0.1, 0.15) is 11.5 Å².